The van der Waals surface area contributed by atoms with Crippen LogP contribution in [-0.2, 0) is 19.6 Å². The van der Waals surface area contributed by atoms with E-state index in [0.717, 1.165) is 18.4 Å². The predicted octanol–water partition coefficient (Wildman–Crippen LogP) is 2.96. The molecule has 1 unspecified atom stereocenters. The van der Waals surface area contributed by atoms with Crippen LogP contribution in [0.15, 0.2) is 29.2 Å². The maximum Gasteiger partial charge on any atom is 0.307 e. The first kappa shape index (κ1) is 21.3. The molecule has 6 nitrogen and oxygen atoms in total. The number of hydrogen-bond acceptors (Lipinski definition) is 5. The third kappa shape index (κ3) is 4.93. The van der Waals surface area contributed by atoms with Crippen molar-refractivity contribution in [3.8, 4) is 0 Å². The highest BCUT2D eigenvalue weighted by Crippen LogP contribution is 2.29. The molecule has 1 heterocycles. The maximum absolute atomic E-state index is 13.1. The Morgan fingerprint density at radius 3 is 2.43 bits per heavy atom. The van der Waals surface area contributed by atoms with E-state index in [2.05, 4.69) is 4.90 Å². The van der Waals surface area contributed by atoms with Gasteiger partial charge in [-0.3, -0.25) is 9.69 Å². The standard InChI is InChI=1S/C21H32N2O4S/c1-3-27-21(24)15-19-16-22(13-14-23(19)18-7-5-4-6-8-18)28(25,26)20-11-9-17(2)10-12-20/h9-12,18-19H,3-8,13-16H2,1-2H3. The Hall–Kier alpha value is -1.44. The molecule has 7 heteroatoms. The molecule has 0 spiro atoms. The van der Waals surface area contributed by atoms with Crippen molar-refractivity contribution in [2.75, 3.05) is 26.2 Å². The number of carbonyl (C=O) groups is 1. The summed E-state index contributed by atoms with van der Waals surface area (Å²) in [6, 6.07) is 7.29. The first-order valence-electron chi connectivity index (χ1n) is 10.4. The van der Waals surface area contributed by atoms with Gasteiger partial charge in [-0.15, -0.1) is 0 Å². The minimum absolute atomic E-state index is 0.129. The number of carbonyl (C=O) groups excluding carboxylic acids is 1. The van der Waals surface area contributed by atoms with E-state index in [1.807, 2.05) is 19.1 Å². The van der Waals surface area contributed by atoms with Crippen molar-refractivity contribution in [3.05, 3.63) is 29.8 Å². The van der Waals surface area contributed by atoms with E-state index in [1.54, 1.807) is 23.4 Å². The van der Waals surface area contributed by atoms with Crippen LogP contribution in [0.5, 0.6) is 0 Å². The van der Waals surface area contributed by atoms with Crippen LogP contribution >= 0.6 is 0 Å². The molecule has 1 aromatic carbocycles. The molecule has 0 N–H and O–H groups in total. The average molecular weight is 409 g/mol. The Morgan fingerprint density at radius 1 is 1.11 bits per heavy atom. The van der Waals surface area contributed by atoms with Gasteiger partial charge in [0, 0.05) is 31.7 Å². The fourth-order valence-electron chi connectivity index (χ4n) is 4.41. The lowest BCUT2D eigenvalue weighted by molar-refractivity contribution is -0.145. The second kappa shape index (κ2) is 9.37. The van der Waals surface area contributed by atoms with Gasteiger partial charge in [0.2, 0.25) is 10.0 Å². The van der Waals surface area contributed by atoms with Gasteiger partial charge in [-0.05, 0) is 38.8 Å². The molecule has 1 atom stereocenters. The number of ether oxygens (including phenoxy) is 1. The summed E-state index contributed by atoms with van der Waals surface area (Å²) in [6.07, 6.45) is 6.18. The van der Waals surface area contributed by atoms with Crippen LogP contribution in [0.25, 0.3) is 0 Å². The molecule has 1 saturated heterocycles. The zero-order valence-electron chi connectivity index (χ0n) is 17.0. The van der Waals surface area contributed by atoms with Crippen LogP contribution in [0.1, 0.15) is 51.0 Å². The highest BCUT2D eigenvalue weighted by atomic mass is 32.2. The Bertz CT molecular complexity index is 757. The summed E-state index contributed by atoms with van der Waals surface area (Å²) in [4.78, 5) is 14.9. The molecular weight excluding hydrogens is 376 g/mol. The lowest BCUT2D eigenvalue weighted by Crippen LogP contribution is -2.58. The first-order chi connectivity index (χ1) is 13.4. The molecule has 156 valence electrons. The molecule has 0 aromatic heterocycles. The fourth-order valence-corrected chi connectivity index (χ4v) is 5.87. The highest BCUT2D eigenvalue weighted by molar-refractivity contribution is 7.89. The van der Waals surface area contributed by atoms with Crippen molar-refractivity contribution in [3.63, 3.8) is 0 Å². The quantitative estimate of drug-likeness (QED) is 0.677. The van der Waals surface area contributed by atoms with Gasteiger partial charge in [0.15, 0.2) is 0 Å². The number of aryl methyl sites for hydroxylation is 1. The zero-order valence-corrected chi connectivity index (χ0v) is 17.8. The topological polar surface area (TPSA) is 66.9 Å². The molecule has 28 heavy (non-hydrogen) atoms. The van der Waals surface area contributed by atoms with E-state index in [1.165, 1.54) is 19.3 Å². The number of hydrogen-bond donors (Lipinski definition) is 0. The summed E-state index contributed by atoms with van der Waals surface area (Å²) < 4.78 is 33.0. The van der Waals surface area contributed by atoms with Gasteiger partial charge < -0.3 is 4.74 Å². The van der Waals surface area contributed by atoms with E-state index in [-0.39, 0.29) is 18.4 Å². The lowest BCUT2D eigenvalue weighted by atomic mass is 9.92. The largest absolute Gasteiger partial charge is 0.466 e. The molecule has 1 saturated carbocycles. The number of esters is 1. The molecule has 1 aliphatic heterocycles. The number of piperazine rings is 1. The van der Waals surface area contributed by atoms with Crippen molar-refractivity contribution >= 4 is 16.0 Å². The molecule has 2 fully saturated rings. The second-order valence-electron chi connectivity index (χ2n) is 7.87. The van der Waals surface area contributed by atoms with Crippen LogP contribution in [0.2, 0.25) is 0 Å². The molecule has 3 rings (SSSR count). The summed E-state index contributed by atoms with van der Waals surface area (Å²) in [5.74, 6) is -0.247. The van der Waals surface area contributed by atoms with Crippen LogP contribution in [-0.4, -0.2) is 61.9 Å². The van der Waals surface area contributed by atoms with E-state index >= 15 is 0 Å². The van der Waals surface area contributed by atoms with Gasteiger partial charge in [0.1, 0.15) is 0 Å². The van der Waals surface area contributed by atoms with Gasteiger partial charge in [-0.2, -0.15) is 4.31 Å². The van der Waals surface area contributed by atoms with Gasteiger partial charge in [0.05, 0.1) is 17.9 Å². The minimum atomic E-state index is -3.56. The fraction of sp³-hybridized carbons (Fsp3) is 0.667. The third-order valence-corrected chi connectivity index (χ3v) is 7.78. The molecule has 1 aromatic rings. The molecular formula is C21H32N2O4S. The Morgan fingerprint density at radius 2 is 1.79 bits per heavy atom. The van der Waals surface area contributed by atoms with Gasteiger partial charge in [-0.25, -0.2) is 8.42 Å². The Labute approximate surface area is 168 Å². The molecule has 0 radical (unpaired) electrons. The lowest BCUT2D eigenvalue weighted by Gasteiger charge is -2.45. The van der Waals surface area contributed by atoms with Crippen molar-refractivity contribution in [1.82, 2.24) is 9.21 Å². The smallest absolute Gasteiger partial charge is 0.307 e. The molecule has 0 bridgehead atoms. The van der Waals surface area contributed by atoms with E-state index in [4.69, 9.17) is 4.74 Å². The van der Waals surface area contributed by atoms with Crippen LogP contribution in [0.4, 0.5) is 0 Å². The van der Waals surface area contributed by atoms with Crippen molar-refractivity contribution < 1.29 is 17.9 Å². The predicted molar refractivity (Wildman–Crippen MR) is 109 cm³/mol. The second-order valence-corrected chi connectivity index (χ2v) is 9.81. The average Bonchev–Trinajstić information content (AvgIpc) is 2.69. The monoisotopic (exact) mass is 408 g/mol. The summed E-state index contributed by atoms with van der Waals surface area (Å²) in [5.41, 5.74) is 1.03. The molecule has 0 amide bonds. The van der Waals surface area contributed by atoms with E-state index in [9.17, 15) is 13.2 Å². The normalized spacial score (nSPS) is 22.9. The number of nitrogens with zero attached hydrogens (tertiary/aromatic N) is 2. The summed E-state index contributed by atoms with van der Waals surface area (Å²) in [5, 5.41) is 0. The van der Waals surface area contributed by atoms with Crippen LogP contribution < -0.4 is 0 Å². The highest BCUT2D eigenvalue weighted by Gasteiger charge is 2.38. The number of rotatable bonds is 6. The summed E-state index contributed by atoms with van der Waals surface area (Å²) in [6.45, 7) is 5.55. The third-order valence-electron chi connectivity index (χ3n) is 5.90. The number of benzene rings is 1. The summed E-state index contributed by atoms with van der Waals surface area (Å²) in [7, 11) is -3.56. The van der Waals surface area contributed by atoms with Gasteiger partial charge in [-0.1, -0.05) is 37.0 Å². The van der Waals surface area contributed by atoms with Crippen molar-refractivity contribution in [1.29, 1.82) is 0 Å². The SMILES string of the molecule is CCOC(=O)CC1CN(S(=O)(=O)c2ccc(C)cc2)CCN1C1CCCCC1. The van der Waals surface area contributed by atoms with Gasteiger partial charge >= 0.3 is 5.97 Å². The molecule has 1 aliphatic carbocycles. The van der Waals surface area contributed by atoms with Crippen molar-refractivity contribution in [2.45, 2.75) is 69.4 Å². The Balaban J connectivity index is 1.78. The van der Waals surface area contributed by atoms with E-state index in [0.29, 0.717) is 37.2 Å². The van der Waals surface area contributed by atoms with Crippen LogP contribution in [0.3, 0.4) is 0 Å². The van der Waals surface area contributed by atoms with Crippen LogP contribution in [0, 0.1) is 6.92 Å². The maximum atomic E-state index is 13.1. The van der Waals surface area contributed by atoms with Gasteiger partial charge in [0.25, 0.3) is 0 Å². The summed E-state index contributed by atoms with van der Waals surface area (Å²) >= 11 is 0. The molecule has 2 aliphatic rings. The first-order valence-corrected chi connectivity index (χ1v) is 11.8. The van der Waals surface area contributed by atoms with Crippen molar-refractivity contribution in [2.24, 2.45) is 0 Å². The van der Waals surface area contributed by atoms with E-state index < -0.39 is 10.0 Å². The minimum Gasteiger partial charge on any atom is -0.466 e. The number of sulfonamides is 1. The Kier molecular flexibility index (Phi) is 7.12. The zero-order chi connectivity index (χ0) is 20.1.